The standard InChI is InChI=1S/C19H22N2O/c1-18(2)12-19(3,4)16(15(18)11-22)21-10-9-13-7-5-6-8-14(13)17(21)20/h5-11,20H,12H2,1-4H3. The molecule has 1 heterocycles. The van der Waals surface area contributed by atoms with Crippen LogP contribution in [0.1, 0.15) is 34.1 Å². The minimum Gasteiger partial charge on any atom is -0.305 e. The van der Waals surface area contributed by atoms with E-state index < -0.39 is 0 Å². The van der Waals surface area contributed by atoms with Gasteiger partial charge < -0.3 is 4.57 Å². The van der Waals surface area contributed by atoms with Gasteiger partial charge in [-0.05, 0) is 23.3 Å². The molecule has 0 bridgehead atoms. The molecule has 3 nitrogen and oxygen atoms in total. The van der Waals surface area contributed by atoms with Crippen molar-refractivity contribution in [2.45, 2.75) is 34.1 Å². The molecule has 1 aromatic heterocycles. The Hall–Kier alpha value is -2.16. The molecule has 114 valence electrons. The van der Waals surface area contributed by atoms with Gasteiger partial charge in [-0.15, -0.1) is 0 Å². The molecule has 22 heavy (non-hydrogen) atoms. The van der Waals surface area contributed by atoms with E-state index in [2.05, 4.69) is 27.7 Å². The van der Waals surface area contributed by atoms with Crippen LogP contribution in [-0.2, 0) is 4.79 Å². The zero-order chi connectivity index (χ0) is 16.1. The van der Waals surface area contributed by atoms with Gasteiger partial charge in [-0.25, -0.2) is 0 Å². The number of rotatable bonds is 2. The first-order chi connectivity index (χ1) is 10.3. The van der Waals surface area contributed by atoms with Crippen LogP contribution >= 0.6 is 0 Å². The minimum absolute atomic E-state index is 0.136. The van der Waals surface area contributed by atoms with E-state index >= 15 is 0 Å². The van der Waals surface area contributed by atoms with Crippen LogP contribution in [0.5, 0.6) is 0 Å². The Morgan fingerprint density at radius 3 is 2.45 bits per heavy atom. The van der Waals surface area contributed by atoms with Crippen LogP contribution in [0.25, 0.3) is 16.5 Å². The third kappa shape index (κ3) is 2.04. The topological polar surface area (TPSA) is 45.9 Å². The van der Waals surface area contributed by atoms with Gasteiger partial charge in [-0.2, -0.15) is 0 Å². The molecule has 1 aliphatic rings. The van der Waals surface area contributed by atoms with Gasteiger partial charge in [0.05, 0.1) is 0 Å². The number of aromatic nitrogens is 1. The summed E-state index contributed by atoms with van der Waals surface area (Å²) >= 11 is 0. The molecule has 0 spiro atoms. The summed E-state index contributed by atoms with van der Waals surface area (Å²) in [6.45, 7) is 8.53. The Morgan fingerprint density at radius 2 is 1.77 bits per heavy atom. The molecule has 1 N–H and O–H groups in total. The van der Waals surface area contributed by atoms with Crippen molar-refractivity contribution in [1.29, 1.82) is 5.41 Å². The Labute approximate surface area is 130 Å². The summed E-state index contributed by atoms with van der Waals surface area (Å²) in [5.74, 6) is 0. The average molecular weight is 294 g/mol. The fraction of sp³-hybridized carbons (Fsp3) is 0.368. The summed E-state index contributed by atoms with van der Waals surface area (Å²) in [6, 6.07) is 9.91. The van der Waals surface area contributed by atoms with E-state index in [1.165, 1.54) is 0 Å². The molecule has 0 fully saturated rings. The molecule has 1 aliphatic carbocycles. The fourth-order valence-corrected chi connectivity index (χ4v) is 4.04. The average Bonchev–Trinajstić information content (AvgIpc) is 2.63. The van der Waals surface area contributed by atoms with E-state index in [0.717, 1.165) is 34.7 Å². The molecular weight excluding hydrogens is 272 g/mol. The molecular formula is C19H22N2O. The van der Waals surface area contributed by atoms with Crippen LogP contribution in [0.4, 0.5) is 0 Å². The molecule has 0 saturated carbocycles. The van der Waals surface area contributed by atoms with Gasteiger partial charge in [-0.1, -0.05) is 52.0 Å². The van der Waals surface area contributed by atoms with Crippen molar-refractivity contribution in [3.63, 3.8) is 0 Å². The maximum atomic E-state index is 11.7. The first-order valence-corrected chi connectivity index (χ1v) is 7.64. The number of hydrogen-bond acceptors (Lipinski definition) is 2. The van der Waals surface area contributed by atoms with Gasteiger partial charge in [-0.3, -0.25) is 10.2 Å². The first kappa shape index (κ1) is 14.8. The van der Waals surface area contributed by atoms with Crippen LogP contribution in [0.3, 0.4) is 0 Å². The van der Waals surface area contributed by atoms with E-state index in [4.69, 9.17) is 5.41 Å². The van der Waals surface area contributed by atoms with Crippen molar-refractivity contribution in [3.05, 3.63) is 47.6 Å². The first-order valence-electron chi connectivity index (χ1n) is 7.64. The molecule has 0 unspecified atom stereocenters. The van der Waals surface area contributed by atoms with Crippen molar-refractivity contribution < 1.29 is 4.79 Å². The molecule has 0 radical (unpaired) electrons. The minimum atomic E-state index is -0.161. The van der Waals surface area contributed by atoms with Gasteiger partial charge in [0.1, 0.15) is 11.8 Å². The number of pyridine rings is 1. The Kier molecular flexibility index (Phi) is 3.13. The number of benzene rings is 1. The van der Waals surface area contributed by atoms with Gasteiger partial charge in [0.25, 0.3) is 0 Å². The van der Waals surface area contributed by atoms with Crippen molar-refractivity contribution >= 4 is 22.8 Å². The maximum Gasteiger partial charge on any atom is 0.148 e. The molecule has 3 heteroatoms. The summed E-state index contributed by atoms with van der Waals surface area (Å²) < 4.78 is 1.89. The largest absolute Gasteiger partial charge is 0.305 e. The monoisotopic (exact) mass is 294 g/mol. The third-order valence-corrected chi connectivity index (χ3v) is 4.73. The quantitative estimate of drug-likeness (QED) is 0.836. The summed E-state index contributed by atoms with van der Waals surface area (Å²) in [5, 5.41) is 10.5. The number of aldehydes is 1. The van der Waals surface area contributed by atoms with Crippen molar-refractivity contribution in [2.75, 3.05) is 0 Å². The molecule has 0 saturated heterocycles. The number of allylic oxidation sites excluding steroid dienone is 2. The predicted octanol–water partition coefficient (Wildman–Crippen LogP) is 3.99. The van der Waals surface area contributed by atoms with Crippen LogP contribution in [-0.4, -0.2) is 10.9 Å². The number of nitrogens with zero attached hydrogens (tertiary/aromatic N) is 1. The Balaban J connectivity index is 2.37. The Morgan fingerprint density at radius 1 is 1.09 bits per heavy atom. The lowest BCUT2D eigenvalue weighted by atomic mass is 9.80. The van der Waals surface area contributed by atoms with Crippen molar-refractivity contribution in [2.24, 2.45) is 10.8 Å². The molecule has 1 aromatic carbocycles. The highest BCUT2D eigenvalue weighted by Gasteiger charge is 2.44. The van der Waals surface area contributed by atoms with E-state index in [1.54, 1.807) is 0 Å². The number of fused-ring (bicyclic) bond motifs is 1. The SMILES string of the molecule is CC1(C)CC(C)(C)C(n2ccc3ccccc3c2=N)=C1C=O. The van der Waals surface area contributed by atoms with Crippen molar-refractivity contribution in [1.82, 2.24) is 4.57 Å². The Bertz CT molecular complexity index is 853. The normalized spacial score (nSPS) is 19.6. The molecule has 0 amide bonds. The molecule has 2 aromatic rings. The second-order valence-corrected chi connectivity index (χ2v) is 7.45. The number of nitrogens with one attached hydrogen (secondary N) is 1. The molecule has 0 aliphatic heterocycles. The zero-order valence-electron chi connectivity index (χ0n) is 13.6. The van der Waals surface area contributed by atoms with E-state index in [-0.39, 0.29) is 10.8 Å². The fourth-order valence-electron chi connectivity index (χ4n) is 4.04. The lowest BCUT2D eigenvalue weighted by Gasteiger charge is -2.26. The summed E-state index contributed by atoms with van der Waals surface area (Å²) in [4.78, 5) is 11.7. The van der Waals surface area contributed by atoms with E-state index in [9.17, 15) is 4.79 Å². The van der Waals surface area contributed by atoms with Crippen LogP contribution in [0, 0.1) is 16.2 Å². The number of carbonyl (C=O) groups is 1. The predicted molar refractivity (Wildman–Crippen MR) is 89.3 cm³/mol. The summed E-state index contributed by atoms with van der Waals surface area (Å²) in [7, 11) is 0. The van der Waals surface area contributed by atoms with E-state index in [0.29, 0.717) is 5.49 Å². The van der Waals surface area contributed by atoms with Gasteiger partial charge in [0.15, 0.2) is 0 Å². The van der Waals surface area contributed by atoms with E-state index in [1.807, 2.05) is 41.1 Å². The smallest absolute Gasteiger partial charge is 0.148 e. The second kappa shape index (κ2) is 4.67. The zero-order valence-corrected chi connectivity index (χ0v) is 13.6. The third-order valence-electron chi connectivity index (χ3n) is 4.73. The highest BCUT2D eigenvalue weighted by Crippen LogP contribution is 2.53. The summed E-state index contributed by atoms with van der Waals surface area (Å²) in [5.41, 5.74) is 1.92. The van der Waals surface area contributed by atoms with Gasteiger partial charge in [0, 0.05) is 28.3 Å². The summed E-state index contributed by atoms with van der Waals surface area (Å²) in [6.07, 6.45) is 3.81. The van der Waals surface area contributed by atoms with Crippen LogP contribution in [0.15, 0.2) is 42.1 Å². The van der Waals surface area contributed by atoms with Crippen LogP contribution in [0.2, 0.25) is 0 Å². The number of carbonyl (C=O) groups excluding carboxylic acids is 1. The maximum absolute atomic E-state index is 11.7. The number of hydrogen-bond donors (Lipinski definition) is 1. The molecule has 3 rings (SSSR count). The van der Waals surface area contributed by atoms with Crippen molar-refractivity contribution in [3.8, 4) is 0 Å². The highest BCUT2D eigenvalue weighted by atomic mass is 16.1. The van der Waals surface area contributed by atoms with Gasteiger partial charge in [0.2, 0.25) is 0 Å². The second-order valence-electron chi connectivity index (χ2n) is 7.45. The lowest BCUT2D eigenvalue weighted by Crippen LogP contribution is -2.25. The van der Waals surface area contributed by atoms with Crippen LogP contribution < -0.4 is 5.49 Å². The lowest BCUT2D eigenvalue weighted by molar-refractivity contribution is -0.105. The highest BCUT2D eigenvalue weighted by molar-refractivity contribution is 5.89. The van der Waals surface area contributed by atoms with Gasteiger partial charge >= 0.3 is 0 Å². The molecule has 0 atom stereocenters.